The van der Waals surface area contributed by atoms with E-state index in [1.54, 1.807) is 0 Å². The molecule has 1 aromatic carbocycles. The molecule has 0 aliphatic heterocycles. The van der Waals surface area contributed by atoms with Crippen molar-refractivity contribution in [1.82, 2.24) is 0 Å². The van der Waals surface area contributed by atoms with Gasteiger partial charge in [0.25, 0.3) is 0 Å². The molecule has 0 amide bonds. The molecule has 0 bridgehead atoms. The second kappa shape index (κ2) is 6.08. The van der Waals surface area contributed by atoms with Crippen LogP contribution in [-0.4, -0.2) is 0 Å². The highest BCUT2D eigenvalue weighted by atomic mass is 14.2. The Morgan fingerprint density at radius 2 is 1.88 bits per heavy atom. The Morgan fingerprint density at radius 1 is 1.12 bits per heavy atom. The van der Waals surface area contributed by atoms with Gasteiger partial charge in [0.1, 0.15) is 0 Å². The van der Waals surface area contributed by atoms with Crippen molar-refractivity contribution >= 4 is 0 Å². The smallest absolute Gasteiger partial charge is 0.0279 e. The zero-order valence-corrected chi connectivity index (χ0v) is 11.3. The van der Waals surface area contributed by atoms with Crippen LogP contribution in [0, 0.1) is 12.3 Å². The molecule has 0 aromatic heterocycles. The molecule has 0 N–H and O–H groups in total. The average molecular weight is 218 g/mol. The van der Waals surface area contributed by atoms with Crippen molar-refractivity contribution in [2.24, 2.45) is 5.41 Å². The summed E-state index contributed by atoms with van der Waals surface area (Å²) in [4.78, 5) is 0. The molecule has 0 heteroatoms. The van der Waals surface area contributed by atoms with Crippen molar-refractivity contribution in [2.45, 2.75) is 59.8 Å². The fourth-order valence-corrected chi connectivity index (χ4v) is 2.44. The molecule has 0 heterocycles. The van der Waals surface area contributed by atoms with Crippen LogP contribution in [-0.2, 0) is 6.42 Å². The van der Waals surface area contributed by atoms with Crippen LogP contribution in [0.5, 0.6) is 0 Å². The highest BCUT2D eigenvalue weighted by molar-refractivity contribution is 5.22. The van der Waals surface area contributed by atoms with Crippen molar-refractivity contribution in [2.75, 3.05) is 0 Å². The van der Waals surface area contributed by atoms with Crippen LogP contribution in [0.4, 0.5) is 0 Å². The van der Waals surface area contributed by atoms with E-state index in [1.165, 1.54) is 43.2 Å². The van der Waals surface area contributed by atoms with Crippen LogP contribution in [0.3, 0.4) is 0 Å². The third kappa shape index (κ3) is 4.83. The molecule has 0 atom stereocenters. The van der Waals surface area contributed by atoms with E-state index in [9.17, 15) is 0 Å². The van der Waals surface area contributed by atoms with E-state index in [-0.39, 0.29) is 0 Å². The Balaban J connectivity index is 2.35. The van der Waals surface area contributed by atoms with Gasteiger partial charge in [-0.15, -0.1) is 0 Å². The predicted octanol–water partition coefficient (Wildman–Crippen LogP) is 5.14. The van der Waals surface area contributed by atoms with Crippen molar-refractivity contribution in [3.8, 4) is 0 Å². The standard InChI is InChI=1S/C16H26/c1-5-11-16(3,4)12-7-10-15-9-6-8-14(2)13-15/h6,8-9,13H,5,7,10-12H2,1-4H3. The van der Waals surface area contributed by atoms with Gasteiger partial charge >= 0.3 is 0 Å². The number of rotatable bonds is 6. The summed E-state index contributed by atoms with van der Waals surface area (Å²) in [5, 5.41) is 0. The van der Waals surface area contributed by atoms with Gasteiger partial charge < -0.3 is 0 Å². The summed E-state index contributed by atoms with van der Waals surface area (Å²) in [5.41, 5.74) is 3.40. The Bertz CT molecular complexity index is 310. The van der Waals surface area contributed by atoms with Crippen molar-refractivity contribution < 1.29 is 0 Å². The van der Waals surface area contributed by atoms with Gasteiger partial charge in [-0.3, -0.25) is 0 Å². The van der Waals surface area contributed by atoms with Crippen LogP contribution in [0.1, 0.15) is 57.6 Å². The first-order chi connectivity index (χ1) is 7.53. The molecule has 0 radical (unpaired) electrons. The predicted molar refractivity (Wildman–Crippen MR) is 72.8 cm³/mol. The number of benzene rings is 1. The molecule has 0 fully saturated rings. The van der Waals surface area contributed by atoms with E-state index in [2.05, 4.69) is 52.0 Å². The van der Waals surface area contributed by atoms with Gasteiger partial charge in [-0.2, -0.15) is 0 Å². The lowest BCUT2D eigenvalue weighted by Crippen LogP contribution is -2.10. The topological polar surface area (TPSA) is 0 Å². The van der Waals surface area contributed by atoms with E-state index in [0.717, 1.165) is 0 Å². The quantitative estimate of drug-likeness (QED) is 0.620. The first-order valence-electron chi connectivity index (χ1n) is 6.59. The molecule has 1 aromatic rings. The van der Waals surface area contributed by atoms with Gasteiger partial charge in [-0.1, -0.05) is 57.0 Å². The maximum atomic E-state index is 2.40. The summed E-state index contributed by atoms with van der Waals surface area (Å²) in [6.45, 7) is 9.24. The van der Waals surface area contributed by atoms with E-state index in [1.807, 2.05) is 0 Å². The molecule has 1 rings (SSSR count). The van der Waals surface area contributed by atoms with Crippen LogP contribution in [0.2, 0.25) is 0 Å². The van der Waals surface area contributed by atoms with Crippen LogP contribution in [0.25, 0.3) is 0 Å². The van der Waals surface area contributed by atoms with Gasteiger partial charge in [0, 0.05) is 0 Å². The monoisotopic (exact) mass is 218 g/mol. The van der Waals surface area contributed by atoms with Gasteiger partial charge in [0.15, 0.2) is 0 Å². The summed E-state index contributed by atoms with van der Waals surface area (Å²) >= 11 is 0. The van der Waals surface area contributed by atoms with E-state index in [4.69, 9.17) is 0 Å². The second-order valence-electron chi connectivity index (χ2n) is 5.76. The minimum Gasteiger partial charge on any atom is -0.0654 e. The zero-order valence-electron chi connectivity index (χ0n) is 11.3. The lowest BCUT2D eigenvalue weighted by Gasteiger charge is -2.23. The zero-order chi connectivity index (χ0) is 12.0. The SMILES string of the molecule is CCCC(C)(C)CCCc1cccc(C)c1. The fourth-order valence-electron chi connectivity index (χ4n) is 2.44. The number of hydrogen-bond acceptors (Lipinski definition) is 0. The third-order valence-electron chi connectivity index (χ3n) is 3.33. The minimum absolute atomic E-state index is 0.526. The summed E-state index contributed by atoms with van der Waals surface area (Å²) < 4.78 is 0. The molecule has 0 aliphatic carbocycles. The van der Waals surface area contributed by atoms with E-state index < -0.39 is 0 Å². The molecule has 0 saturated carbocycles. The summed E-state index contributed by atoms with van der Waals surface area (Å²) in [6, 6.07) is 8.90. The summed E-state index contributed by atoms with van der Waals surface area (Å²) in [7, 11) is 0. The normalized spacial score (nSPS) is 11.8. The second-order valence-corrected chi connectivity index (χ2v) is 5.76. The molecule has 0 nitrogen and oxygen atoms in total. The Labute approximate surface area is 101 Å². The highest BCUT2D eigenvalue weighted by Gasteiger charge is 2.15. The van der Waals surface area contributed by atoms with Crippen molar-refractivity contribution in [1.29, 1.82) is 0 Å². The Hall–Kier alpha value is -0.780. The third-order valence-corrected chi connectivity index (χ3v) is 3.33. The highest BCUT2D eigenvalue weighted by Crippen LogP contribution is 2.28. The van der Waals surface area contributed by atoms with Gasteiger partial charge in [-0.05, 0) is 43.6 Å². The van der Waals surface area contributed by atoms with E-state index >= 15 is 0 Å². The van der Waals surface area contributed by atoms with E-state index in [0.29, 0.717) is 5.41 Å². The van der Waals surface area contributed by atoms with Crippen LogP contribution >= 0.6 is 0 Å². The van der Waals surface area contributed by atoms with Crippen LogP contribution < -0.4 is 0 Å². The molecule has 0 unspecified atom stereocenters. The van der Waals surface area contributed by atoms with Crippen LogP contribution in [0.15, 0.2) is 24.3 Å². The first-order valence-corrected chi connectivity index (χ1v) is 6.59. The van der Waals surface area contributed by atoms with Gasteiger partial charge in [0.05, 0.1) is 0 Å². The average Bonchev–Trinajstić information content (AvgIpc) is 2.17. The van der Waals surface area contributed by atoms with Gasteiger partial charge in [0.2, 0.25) is 0 Å². The molecule has 16 heavy (non-hydrogen) atoms. The largest absolute Gasteiger partial charge is 0.0654 e. The molecular weight excluding hydrogens is 192 g/mol. The summed E-state index contributed by atoms with van der Waals surface area (Å²) in [6.07, 6.45) is 6.54. The molecule has 90 valence electrons. The minimum atomic E-state index is 0.526. The maximum absolute atomic E-state index is 2.40. The van der Waals surface area contributed by atoms with Gasteiger partial charge in [-0.25, -0.2) is 0 Å². The fraction of sp³-hybridized carbons (Fsp3) is 0.625. The summed E-state index contributed by atoms with van der Waals surface area (Å²) in [5.74, 6) is 0. The van der Waals surface area contributed by atoms with Crippen molar-refractivity contribution in [3.05, 3.63) is 35.4 Å². The molecular formula is C16H26. The number of aryl methyl sites for hydroxylation is 2. The Morgan fingerprint density at radius 3 is 2.50 bits per heavy atom. The van der Waals surface area contributed by atoms with Crippen molar-refractivity contribution in [3.63, 3.8) is 0 Å². The lowest BCUT2D eigenvalue weighted by molar-refractivity contribution is 0.296. The molecule has 0 aliphatic rings. The Kier molecular flexibility index (Phi) is 5.05. The number of hydrogen-bond donors (Lipinski definition) is 0. The maximum Gasteiger partial charge on any atom is -0.0279 e. The first kappa shape index (κ1) is 13.3. The molecule has 0 spiro atoms. The molecule has 0 saturated heterocycles. The lowest BCUT2D eigenvalue weighted by atomic mass is 9.82.